The molecule has 0 bridgehead atoms. The number of carboxylic acid groups (broad SMARTS) is 1. The average Bonchev–Trinajstić information content (AvgIpc) is 2.59. The maximum absolute atomic E-state index is 12.6. The summed E-state index contributed by atoms with van der Waals surface area (Å²) in [5.74, 6) is -2.82. The van der Waals surface area contributed by atoms with Crippen LogP contribution in [0.15, 0.2) is 30.3 Å². The minimum atomic E-state index is -1.17. The van der Waals surface area contributed by atoms with Gasteiger partial charge in [0, 0.05) is 13.3 Å². The molecule has 0 aliphatic rings. The van der Waals surface area contributed by atoms with Crippen LogP contribution in [0.3, 0.4) is 0 Å². The quantitative estimate of drug-likeness (QED) is 0.498. The van der Waals surface area contributed by atoms with Gasteiger partial charge in [-0.3, -0.25) is 19.2 Å². The second kappa shape index (κ2) is 10.3. The minimum Gasteiger partial charge on any atom is -0.480 e. The molecule has 1 rings (SSSR count). The van der Waals surface area contributed by atoms with Crippen LogP contribution in [0, 0.1) is 5.92 Å². The first kappa shape index (κ1) is 22.1. The Kier molecular flexibility index (Phi) is 8.44. The van der Waals surface area contributed by atoms with Gasteiger partial charge in [-0.1, -0.05) is 44.2 Å². The largest absolute Gasteiger partial charge is 0.480 e. The van der Waals surface area contributed by atoms with Crippen molar-refractivity contribution in [3.63, 3.8) is 0 Å². The third kappa shape index (κ3) is 7.47. The van der Waals surface area contributed by atoms with Crippen LogP contribution in [0.2, 0.25) is 0 Å². The molecule has 148 valence electrons. The van der Waals surface area contributed by atoms with Crippen molar-refractivity contribution in [3.8, 4) is 0 Å². The fourth-order valence-corrected chi connectivity index (χ4v) is 2.45. The number of rotatable bonds is 9. The summed E-state index contributed by atoms with van der Waals surface area (Å²) in [6.45, 7) is 6.21. The van der Waals surface area contributed by atoms with Crippen LogP contribution in [0.4, 0.5) is 0 Å². The molecule has 0 aliphatic carbocycles. The Balaban J connectivity index is 2.98. The Hall–Kier alpha value is -2.90. The molecule has 1 aromatic rings. The Morgan fingerprint density at radius 1 is 0.926 bits per heavy atom. The zero-order valence-corrected chi connectivity index (χ0v) is 16.0. The van der Waals surface area contributed by atoms with E-state index >= 15 is 0 Å². The molecule has 27 heavy (non-hydrogen) atoms. The lowest BCUT2D eigenvalue weighted by molar-refractivity contribution is -0.141. The van der Waals surface area contributed by atoms with Crippen LogP contribution in [-0.2, 0) is 25.6 Å². The lowest BCUT2D eigenvalue weighted by atomic mass is 10.0. The molecule has 8 nitrogen and oxygen atoms in total. The molecule has 3 atom stereocenters. The predicted molar refractivity (Wildman–Crippen MR) is 99.8 cm³/mol. The van der Waals surface area contributed by atoms with Gasteiger partial charge in [0.15, 0.2) is 0 Å². The molecule has 8 heteroatoms. The zero-order valence-electron chi connectivity index (χ0n) is 16.0. The highest BCUT2D eigenvalue weighted by atomic mass is 16.4. The van der Waals surface area contributed by atoms with Crippen molar-refractivity contribution < 1.29 is 24.3 Å². The zero-order chi connectivity index (χ0) is 20.6. The van der Waals surface area contributed by atoms with E-state index in [0.717, 1.165) is 5.56 Å². The molecule has 1 aromatic carbocycles. The van der Waals surface area contributed by atoms with Gasteiger partial charge in [-0.05, 0) is 18.4 Å². The number of aliphatic carboxylic acids is 1. The first-order valence-corrected chi connectivity index (χ1v) is 8.76. The lowest BCUT2D eigenvalue weighted by Gasteiger charge is -2.25. The fourth-order valence-electron chi connectivity index (χ4n) is 2.45. The summed E-state index contributed by atoms with van der Waals surface area (Å²) in [6, 6.07) is 6.18. The van der Waals surface area contributed by atoms with Gasteiger partial charge in [-0.25, -0.2) is 0 Å². The third-order valence-electron chi connectivity index (χ3n) is 3.95. The number of carboxylic acids is 1. The van der Waals surface area contributed by atoms with Gasteiger partial charge in [0.25, 0.3) is 0 Å². The molecule has 4 N–H and O–H groups in total. The van der Waals surface area contributed by atoms with Crippen molar-refractivity contribution in [1.29, 1.82) is 0 Å². The van der Waals surface area contributed by atoms with Gasteiger partial charge in [-0.15, -0.1) is 0 Å². The van der Waals surface area contributed by atoms with E-state index in [9.17, 15) is 19.2 Å². The second-order valence-corrected chi connectivity index (χ2v) is 6.74. The Morgan fingerprint density at radius 3 is 2.00 bits per heavy atom. The van der Waals surface area contributed by atoms with E-state index in [0.29, 0.717) is 0 Å². The normalized spacial score (nSPS) is 14.0. The van der Waals surface area contributed by atoms with Gasteiger partial charge in [-0.2, -0.15) is 0 Å². The highest BCUT2D eigenvalue weighted by Crippen LogP contribution is 2.07. The van der Waals surface area contributed by atoms with Crippen LogP contribution in [0.25, 0.3) is 0 Å². The van der Waals surface area contributed by atoms with Crippen molar-refractivity contribution >= 4 is 23.7 Å². The number of amides is 3. The van der Waals surface area contributed by atoms with E-state index in [4.69, 9.17) is 5.11 Å². The standard InChI is InChI=1S/C19H27N3O5/c1-11(2)16(21-13(4)23)18(25)22-15(10-14-8-6-5-7-9-14)17(24)20-12(3)19(26)27/h5-9,11-12,15-16H,10H2,1-4H3,(H,20,24)(H,21,23)(H,22,25)(H,26,27). The van der Waals surface area contributed by atoms with Crippen molar-refractivity contribution in [2.45, 2.75) is 52.2 Å². The summed E-state index contributed by atoms with van der Waals surface area (Å²) in [5, 5.41) is 16.6. The van der Waals surface area contributed by atoms with Gasteiger partial charge >= 0.3 is 5.97 Å². The van der Waals surface area contributed by atoms with Gasteiger partial charge in [0.1, 0.15) is 18.1 Å². The number of carbonyl (C=O) groups is 4. The third-order valence-corrected chi connectivity index (χ3v) is 3.95. The lowest BCUT2D eigenvalue weighted by Crippen LogP contribution is -2.57. The SMILES string of the molecule is CC(=O)NC(C(=O)NC(Cc1ccccc1)C(=O)NC(C)C(=O)O)C(C)C. The molecule has 0 spiro atoms. The highest BCUT2D eigenvalue weighted by molar-refractivity contribution is 5.93. The molecule has 3 amide bonds. The van der Waals surface area contributed by atoms with Crippen molar-refractivity contribution in [2.75, 3.05) is 0 Å². The molecule has 0 aromatic heterocycles. The second-order valence-electron chi connectivity index (χ2n) is 6.74. The molecule has 0 aliphatic heterocycles. The molecule has 0 fully saturated rings. The number of hydrogen-bond acceptors (Lipinski definition) is 4. The summed E-state index contributed by atoms with van der Waals surface area (Å²) in [6.07, 6.45) is 0.190. The molecule has 0 heterocycles. The summed E-state index contributed by atoms with van der Waals surface area (Å²) in [7, 11) is 0. The molecule has 3 unspecified atom stereocenters. The summed E-state index contributed by atoms with van der Waals surface area (Å²) >= 11 is 0. The van der Waals surface area contributed by atoms with E-state index < -0.39 is 35.9 Å². The number of carbonyl (C=O) groups excluding carboxylic acids is 3. The van der Waals surface area contributed by atoms with Gasteiger partial charge in [0.05, 0.1) is 0 Å². The monoisotopic (exact) mass is 377 g/mol. The molecule has 0 saturated heterocycles. The van der Waals surface area contributed by atoms with Crippen molar-refractivity contribution in [2.24, 2.45) is 5.92 Å². The van der Waals surface area contributed by atoms with Crippen molar-refractivity contribution in [3.05, 3.63) is 35.9 Å². The van der Waals surface area contributed by atoms with Crippen LogP contribution in [-0.4, -0.2) is 46.9 Å². The summed E-state index contributed by atoms with van der Waals surface area (Å²) in [5.41, 5.74) is 0.807. The van der Waals surface area contributed by atoms with E-state index in [1.165, 1.54) is 13.8 Å². The first-order valence-electron chi connectivity index (χ1n) is 8.76. The molecular weight excluding hydrogens is 350 g/mol. The topological polar surface area (TPSA) is 125 Å². The fraction of sp³-hybridized carbons (Fsp3) is 0.474. The Morgan fingerprint density at radius 2 is 1.52 bits per heavy atom. The average molecular weight is 377 g/mol. The highest BCUT2D eigenvalue weighted by Gasteiger charge is 2.29. The van der Waals surface area contributed by atoms with Crippen molar-refractivity contribution in [1.82, 2.24) is 16.0 Å². The summed E-state index contributed by atoms with van der Waals surface area (Å²) in [4.78, 5) is 47.5. The summed E-state index contributed by atoms with van der Waals surface area (Å²) < 4.78 is 0. The minimum absolute atomic E-state index is 0.188. The van der Waals surface area contributed by atoms with Gasteiger partial charge < -0.3 is 21.1 Å². The number of nitrogens with one attached hydrogen (secondary N) is 3. The van der Waals surface area contributed by atoms with E-state index in [2.05, 4.69) is 16.0 Å². The number of hydrogen-bond donors (Lipinski definition) is 4. The number of benzene rings is 1. The van der Waals surface area contributed by atoms with E-state index in [-0.39, 0.29) is 18.2 Å². The maximum atomic E-state index is 12.6. The maximum Gasteiger partial charge on any atom is 0.325 e. The van der Waals surface area contributed by atoms with Gasteiger partial charge in [0.2, 0.25) is 17.7 Å². The van der Waals surface area contributed by atoms with Crippen LogP contribution < -0.4 is 16.0 Å². The molecular formula is C19H27N3O5. The first-order chi connectivity index (χ1) is 12.6. The molecule has 0 radical (unpaired) electrons. The predicted octanol–water partition coefficient (Wildman–Crippen LogP) is 0.464. The Labute approximate surface area is 158 Å². The molecule has 0 saturated carbocycles. The van der Waals surface area contributed by atoms with Crippen LogP contribution in [0.1, 0.15) is 33.3 Å². The van der Waals surface area contributed by atoms with Crippen LogP contribution in [0.5, 0.6) is 0 Å². The smallest absolute Gasteiger partial charge is 0.325 e. The van der Waals surface area contributed by atoms with Crippen LogP contribution >= 0.6 is 0 Å². The van der Waals surface area contributed by atoms with E-state index in [1.807, 2.05) is 6.07 Å². The Bertz CT molecular complexity index is 675. The van der Waals surface area contributed by atoms with E-state index in [1.54, 1.807) is 38.1 Å².